The summed E-state index contributed by atoms with van der Waals surface area (Å²) in [7, 11) is 0. The van der Waals surface area contributed by atoms with E-state index in [0.29, 0.717) is 12.5 Å². The molecule has 3 nitrogen and oxygen atoms in total. The number of ether oxygens (including phenoxy) is 1. The number of rotatable bonds is 2. The van der Waals surface area contributed by atoms with Crippen molar-refractivity contribution in [3.63, 3.8) is 0 Å². The summed E-state index contributed by atoms with van der Waals surface area (Å²) in [5.74, 6) is 0.342. The zero-order valence-corrected chi connectivity index (χ0v) is 14.0. The second-order valence-corrected chi connectivity index (χ2v) is 7.61. The summed E-state index contributed by atoms with van der Waals surface area (Å²) in [6.07, 6.45) is 5.86. The first-order valence-electron chi connectivity index (χ1n) is 7.39. The van der Waals surface area contributed by atoms with Crippen LogP contribution in [0.1, 0.15) is 52.9 Å². The topological polar surface area (TPSA) is 29.5 Å². The van der Waals surface area contributed by atoms with Gasteiger partial charge in [0.25, 0.3) is 0 Å². The van der Waals surface area contributed by atoms with E-state index in [1.54, 1.807) is 0 Å². The number of nitrogens with zero attached hydrogens (tertiary/aromatic N) is 1. The molecule has 1 unspecified atom stereocenters. The predicted molar refractivity (Wildman–Crippen MR) is 80.5 cm³/mol. The van der Waals surface area contributed by atoms with Crippen molar-refractivity contribution in [2.45, 2.75) is 64.6 Å². The molecule has 0 radical (unpaired) electrons. The van der Waals surface area contributed by atoms with Crippen LogP contribution in [0.5, 0.6) is 0 Å². The number of carbonyl (C=O) groups is 1. The van der Waals surface area contributed by atoms with Crippen LogP contribution in [0.15, 0.2) is 0 Å². The van der Waals surface area contributed by atoms with Gasteiger partial charge in [-0.25, -0.2) is 0 Å². The highest BCUT2D eigenvalue weighted by molar-refractivity contribution is 9.09. The molecule has 19 heavy (non-hydrogen) atoms. The fraction of sp³-hybridized carbons (Fsp3) is 0.933. The molecule has 110 valence electrons. The molecule has 1 amide bonds. The van der Waals surface area contributed by atoms with Crippen LogP contribution >= 0.6 is 15.9 Å². The minimum atomic E-state index is -0.239. The molecule has 1 atom stereocenters. The highest BCUT2D eigenvalue weighted by Gasteiger charge is 2.42. The molecule has 4 heteroatoms. The number of alkyl halides is 1. The molecule has 1 heterocycles. The summed E-state index contributed by atoms with van der Waals surface area (Å²) in [5, 5.41) is 0.789. The quantitative estimate of drug-likeness (QED) is 0.726. The highest BCUT2D eigenvalue weighted by atomic mass is 79.9. The van der Waals surface area contributed by atoms with Crippen molar-refractivity contribution in [3.05, 3.63) is 0 Å². The molecule has 0 aromatic rings. The van der Waals surface area contributed by atoms with Crippen molar-refractivity contribution in [2.75, 3.05) is 18.4 Å². The maximum Gasteiger partial charge on any atom is 0.228 e. The predicted octanol–water partition coefficient (Wildman–Crippen LogP) is 3.36. The Balaban J connectivity index is 2.09. The Bertz CT molecular complexity index is 337. The van der Waals surface area contributed by atoms with Crippen LogP contribution in [0.2, 0.25) is 0 Å². The van der Waals surface area contributed by atoms with E-state index in [1.165, 1.54) is 19.3 Å². The summed E-state index contributed by atoms with van der Waals surface area (Å²) in [4.78, 5) is 14.9. The summed E-state index contributed by atoms with van der Waals surface area (Å²) < 4.78 is 5.98. The third kappa shape index (κ3) is 3.52. The smallest absolute Gasteiger partial charge is 0.228 e. The van der Waals surface area contributed by atoms with Crippen LogP contribution in [0, 0.1) is 5.41 Å². The Hall–Kier alpha value is -0.0900. The van der Waals surface area contributed by atoms with Crippen LogP contribution in [0.25, 0.3) is 0 Å². The minimum Gasteiger partial charge on any atom is -0.368 e. The lowest BCUT2D eigenvalue weighted by Crippen LogP contribution is -2.58. The van der Waals surface area contributed by atoms with Crippen molar-refractivity contribution < 1.29 is 9.53 Å². The molecule has 1 saturated carbocycles. The SMILES string of the molecule is CC1(C)CN(C(=O)C2(C)CCCCC2)CC(CBr)O1. The third-order valence-corrected chi connectivity index (χ3v) is 5.14. The maximum atomic E-state index is 12.9. The molecule has 0 aromatic carbocycles. The molecule has 1 aliphatic heterocycles. The first-order chi connectivity index (χ1) is 8.86. The number of hydrogen-bond acceptors (Lipinski definition) is 2. The van der Waals surface area contributed by atoms with Crippen LogP contribution < -0.4 is 0 Å². The molecular weight excluding hydrogens is 306 g/mol. The summed E-state index contributed by atoms with van der Waals surface area (Å²) >= 11 is 3.49. The Morgan fingerprint density at radius 3 is 2.47 bits per heavy atom. The standard InChI is InChI=1S/C15H26BrNO2/c1-14(2)11-17(10-12(9-16)19-14)13(18)15(3)7-5-4-6-8-15/h12H,4-11H2,1-3H3. The van der Waals surface area contributed by atoms with E-state index in [2.05, 4.69) is 36.7 Å². The van der Waals surface area contributed by atoms with Gasteiger partial charge in [0, 0.05) is 23.8 Å². The maximum absolute atomic E-state index is 12.9. The van der Waals surface area contributed by atoms with E-state index < -0.39 is 0 Å². The Kier molecular flexibility index (Phi) is 4.61. The Morgan fingerprint density at radius 2 is 1.89 bits per heavy atom. The van der Waals surface area contributed by atoms with E-state index in [0.717, 1.165) is 24.7 Å². The van der Waals surface area contributed by atoms with E-state index in [1.807, 2.05) is 4.90 Å². The fourth-order valence-electron chi connectivity index (χ4n) is 3.46. The monoisotopic (exact) mass is 331 g/mol. The van der Waals surface area contributed by atoms with Crippen molar-refractivity contribution in [2.24, 2.45) is 5.41 Å². The molecule has 0 aromatic heterocycles. The average molecular weight is 332 g/mol. The number of hydrogen-bond donors (Lipinski definition) is 0. The van der Waals surface area contributed by atoms with E-state index in [9.17, 15) is 4.79 Å². The van der Waals surface area contributed by atoms with Gasteiger partial charge >= 0.3 is 0 Å². The third-order valence-electron chi connectivity index (χ3n) is 4.41. The van der Waals surface area contributed by atoms with Gasteiger partial charge in [-0.15, -0.1) is 0 Å². The van der Waals surface area contributed by atoms with Crippen molar-refractivity contribution >= 4 is 21.8 Å². The molecule has 2 fully saturated rings. The van der Waals surface area contributed by atoms with Gasteiger partial charge in [0.1, 0.15) is 0 Å². The van der Waals surface area contributed by atoms with Crippen LogP contribution in [-0.4, -0.2) is 40.9 Å². The van der Waals surface area contributed by atoms with Gasteiger partial charge in [0.05, 0.1) is 11.7 Å². The molecule has 1 saturated heterocycles. The van der Waals surface area contributed by atoms with Gasteiger partial charge in [-0.1, -0.05) is 42.1 Å². The van der Waals surface area contributed by atoms with Crippen LogP contribution in [-0.2, 0) is 9.53 Å². The van der Waals surface area contributed by atoms with Crippen molar-refractivity contribution in [1.82, 2.24) is 4.90 Å². The van der Waals surface area contributed by atoms with Crippen molar-refractivity contribution in [3.8, 4) is 0 Å². The zero-order valence-electron chi connectivity index (χ0n) is 12.4. The van der Waals surface area contributed by atoms with Gasteiger partial charge in [0.15, 0.2) is 0 Å². The minimum absolute atomic E-state index is 0.111. The lowest BCUT2D eigenvalue weighted by Gasteiger charge is -2.46. The number of carbonyl (C=O) groups excluding carboxylic acids is 1. The summed E-state index contributed by atoms with van der Waals surface area (Å²) in [6, 6.07) is 0. The van der Waals surface area contributed by atoms with Gasteiger partial charge in [-0.05, 0) is 26.7 Å². The summed E-state index contributed by atoms with van der Waals surface area (Å²) in [6.45, 7) is 7.74. The Morgan fingerprint density at radius 1 is 1.26 bits per heavy atom. The second-order valence-electron chi connectivity index (χ2n) is 6.96. The molecular formula is C15H26BrNO2. The van der Waals surface area contributed by atoms with E-state index >= 15 is 0 Å². The largest absolute Gasteiger partial charge is 0.368 e. The van der Waals surface area contributed by atoms with E-state index in [4.69, 9.17) is 4.74 Å². The lowest BCUT2D eigenvalue weighted by atomic mass is 9.74. The first-order valence-corrected chi connectivity index (χ1v) is 8.52. The average Bonchev–Trinajstić information content (AvgIpc) is 2.36. The molecule has 2 aliphatic rings. The molecule has 0 N–H and O–H groups in total. The zero-order chi connectivity index (χ0) is 14.1. The number of amides is 1. The Labute approximate surface area is 125 Å². The van der Waals surface area contributed by atoms with E-state index in [-0.39, 0.29) is 17.1 Å². The first kappa shape index (κ1) is 15.3. The van der Waals surface area contributed by atoms with Crippen LogP contribution in [0.4, 0.5) is 0 Å². The number of halogens is 1. The van der Waals surface area contributed by atoms with Crippen molar-refractivity contribution in [1.29, 1.82) is 0 Å². The second kappa shape index (κ2) is 5.72. The van der Waals surface area contributed by atoms with Gasteiger partial charge < -0.3 is 9.64 Å². The van der Waals surface area contributed by atoms with Crippen LogP contribution in [0.3, 0.4) is 0 Å². The fourth-order valence-corrected chi connectivity index (χ4v) is 3.80. The van der Waals surface area contributed by atoms with Gasteiger partial charge in [-0.2, -0.15) is 0 Å². The normalized spacial score (nSPS) is 30.1. The van der Waals surface area contributed by atoms with Gasteiger partial charge in [0.2, 0.25) is 5.91 Å². The molecule has 0 bridgehead atoms. The highest BCUT2D eigenvalue weighted by Crippen LogP contribution is 2.38. The molecule has 1 aliphatic carbocycles. The molecule has 2 rings (SSSR count). The summed E-state index contributed by atoms with van der Waals surface area (Å²) in [5.41, 5.74) is -0.375. The van der Waals surface area contributed by atoms with Gasteiger partial charge in [-0.3, -0.25) is 4.79 Å². The molecule has 0 spiro atoms. The number of morpholine rings is 1. The lowest BCUT2D eigenvalue weighted by molar-refractivity contribution is -0.166.